The van der Waals surface area contributed by atoms with Crippen LogP contribution in [-0.4, -0.2) is 36.0 Å². The normalized spacial score (nSPS) is 23.0. The lowest BCUT2D eigenvalue weighted by molar-refractivity contribution is -0.126. The predicted octanol–water partition coefficient (Wildman–Crippen LogP) is 3.63. The Labute approximate surface area is 179 Å². The van der Waals surface area contributed by atoms with Gasteiger partial charge < -0.3 is 10.6 Å². The third-order valence-electron chi connectivity index (χ3n) is 4.55. The van der Waals surface area contributed by atoms with E-state index in [4.69, 9.17) is 22.1 Å². The number of nitrogens with one attached hydrogen (secondary N) is 2. The van der Waals surface area contributed by atoms with E-state index in [2.05, 4.69) is 50.7 Å². The molecule has 162 valence electrons. The number of carbonyl (C=O) groups is 2. The number of rotatable bonds is 9. The van der Waals surface area contributed by atoms with Crippen LogP contribution in [0.5, 0.6) is 0 Å². The van der Waals surface area contributed by atoms with Gasteiger partial charge in [0.2, 0.25) is 11.8 Å². The van der Waals surface area contributed by atoms with Gasteiger partial charge in [-0.15, -0.1) is 0 Å². The fraction of sp³-hybridized carbons (Fsp3) is 0.375. The van der Waals surface area contributed by atoms with Crippen molar-refractivity contribution in [2.45, 2.75) is 23.9 Å². The largest absolute Gasteiger partial charge is 0.353 e. The minimum Gasteiger partial charge on any atom is -0.353 e. The first kappa shape index (κ1) is 23.4. The van der Waals surface area contributed by atoms with Crippen molar-refractivity contribution in [3.05, 3.63) is 89.6 Å². The van der Waals surface area contributed by atoms with Crippen molar-refractivity contribution < 1.29 is 9.59 Å². The Hall–Kier alpha value is -4.86. The summed E-state index contributed by atoms with van der Waals surface area (Å²) >= 11 is 0. The fourth-order valence-electron chi connectivity index (χ4n) is 2.88. The van der Waals surface area contributed by atoms with Crippen molar-refractivity contribution in [1.82, 2.24) is 10.6 Å². The van der Waals surface area contributed by atoms with Crippen molar-refractivity contribution in [3.8, 4) is 0 Å². The SMILES string of the molecule is [N-]=[N+]=NC1=CCC(N=[N+]=[N-])(C(=O)NCCNC(=O)C2(N=[N+]=[N-])C=CC(N=[N+]=[N-])=CC2)C=C1. The molecule has 2 N–H and O–H groups in total. The number of amides is 2. The molecule has 0 bridgehead atoms. The van der Waals surface area contributed by atoms with Gasteiger partial charge in [0.05, 0.1) is 0 Å². The summed E-state index contributed by atoms with van der Waals surface area (Å²) in [4.78, 5) is 35.9. The molecule has 32 heavy (non-hydrogen) atoms. The average molecular weight is 436 g/mol. The molecule has 0 saturated heterocycles. The van der Waals surface area contributed by atoms with Crippen LogP contribution in [0.25, 0.3) is 41.8 Å². The molecule has 2 aliphatic carbocycles. The molecule has 0 saturated carbocycles. The van der Waals surface area contributed by atoms with Crippen molar-refractivity contribution in [3.63, 3.8) is 0 Å². The molecule has 0 radical (unpaired) electrons. The number of hydrogen-bond acceptors (Lipinski definition) is 6. The van der Waals surface area contributed by atoms with E-state index in [0.717, 1.165) is 0 Å². The van der Waals surface area contributed by atoms with Gasteiger partial charge in [-0.1, -0.05) is 56.9 Å². The zero-order chi connectivity index (χ0) is 23.5. The highest BCUT2D eigenvalue weighted by atomic mass is 16.2. The van der Waals surface area contributed by atoms with Gasteiger partial charge in [-0.3, -0.25) is 9.59 Å². The fourth-order valence-corrected chi connectivity index (χ4v) is 2.88. The van der Waals surface area contributed by atoms with Crippen LogP contribution in [0.4, 0.5) is 0 Å². The molecule has 2 unspecified atom stereocenters. The highest BCUT2D eigenvalue weighted by Crippen LogP contribution is 2.27. The Bertz CT molecular complexity index is 1020. The lowest BCUT2D eigenvalue weighted by Gasteiger charge is -2.27. The second-order valence-corrected chi connectivity index (χ2v) is 6.45. The summed E-state index contributed by atoms with van der Waals surface area (Å²) in [5.41, 5.74) is 32.1. The molecule has 2 aliphatic rings. The lowest BCUT2D eigenvalue weighted by atomic mass is 9.90. The Balaban J connectivity index is 1.97. The van der Waals surface area contributed by atoms with E-state index < -0.39 is 22.9 Å². The van der Waals surface area contributed by atoms with Crippen molar-refractivity contribution in [2.75, 3.05) is 13.1 Å². The second kappa shape index (κ2) is 10.8. The first-order chi connectivity index (χ1) is 15.4. The molecule has 16 nitrogen and oxygen atoms in total. The van der Waals surface area contributed by atoms with Crippen molar-refractivity contribution >= 4 is 11.8 Å². The summed E-state index contributed by atoms with van der Waals surface area (Å²) in [6.45, 7) is -0.0200. The van der Waals surface area contributed by atoms with Crippen LogP contribution in [0, 0.1) is 0 Å². The smallest absolute Gasteiger partial charge is 0.236 e. The van der Waals surface area contributed by atoms with E-state index in [9.17, 15) is 9.59 Å². The maximum absolute atomic E-state index is 12.6. The molecule has 2 atom stereocenters. The van der Waals surface area contributed by atoms with Crippen LogP contribution in [0.15, 0.2) is 68.3 Å². The molecule has 0 aliphatic heterocycles. The number of azide groups is 4. The first-order valence-corrected chi connectivity index (χ1v) is 9.03. The molecule has 16 heteroatoms. The quantitative estimate of drug-likeness (QED) is 0.237. The zero-order valence-corrected chi connectivity index (χ0v) is 16.5. The van der Waals surface area contributed by atoms with Crippen LogP contribution in [0.3, 0.4) is 0 Å². The molecular weight excluding hydrogens is 420 g/mol. The topological polar surface area (TPSA) is 253 Å². The van der Waals surface area contributed by atoms with Crippen LogP contribution in [0.2, 0.25) is 0 Å². The standard InChI is InChI=1S/C16H16N14O2/c17-27-23-11-1-5-15(6-2-11,25-29-19)13(31)21-9-10-22-14(32)16(26-30-20)7-3-12(4-8-16)24-28-18/h1-5,7H,6,8-10H2,(H,21,31)(H,22,32). The van der Waals surface area contributed by atoms with Crippen LogP contribution >= 0.6 is 0 Å². The summed E-state index contributed by atoms with van der Waals surface area (Å²) in [7, 11) is 0. The van der Waals surface area contributed by atoms with E-state index in [0.29, 0.717) is 0 Å². The Morgan fingerprint density at radius 2 is 1.19 bits per heavy atom. The molecule has 2 amide bonds. The van der Waals surface area contributed by atoms with Crippen LogP contribution in [-0.2, 0) is 9.59 Å². The number of carbonyl (C=O) groups excluding carboxylic acids is 2. The highest BCUT2D eigenvalue weighted by Gasteiger charge is 2.37. The lowest BCUT2D eigenvalue weighted by Crippen LogP contribution is -2.49. The maximum Gasteiger partial charge on any atom is 0.236 e. The van der Waals surface area contributed by atoms with E-state index >= 15 is 0 Å². The third kappa shape index (κ3) is 5.39. The van der Waals surface area contributed by atoms with Crippen LogP contribution < -0.4 is 10.6 Å². The Morgan fingerprint density at radius 3 is 1.47 bits per heavy atom. The van der Waals surface area contributed by atoms with Crippen LogP contribution in [0.1, 0.15) is 12.8 Å². The van der Waals surface area contributed by atoms with Gasteiger partial charge in [0, 0.05) is 44.1 Å². The minimum atomic E-state index is -1.53. The molecule has 2 rings (SSSR count). The van der Waals surface area contributed by atoms with Gasteiger partial charge in [-0.2, -0.15) is 0 Å². The van der Waals surface area contributed by atoms with E-state index in [1.54, 1.807) is 0 Å². The average Bonchev–Trinajstić information content (AvgIpc) is 2.80. The number of nitrogens with zero attached hydrogens (tertiary/aromatic N) is 12. The third-order valence-corrected chi connectivity index (χ3v) is 4.55. The van der Waals surface area contributed by atoms with Gasteiger partial charge in [0.1, 0.15) is 11.1 Å². The first-order valence-electron chi connectivity index (χ1n) is 9.03. The minimum absolute atomic E-state index is 0.00918. The molecule has 0 spiro atoms. The predicted molar refractivity (Wildman–Crippen MR) is 112 cm³/mol. The summed E-state index contributed by atoms with van der Waals surface area (Å²) in [6.07, 6.45) is 8.33. The summed E-state index contributed by atoms with van der Waals surface area (Å²) in [5, 5.41) is 19.1. The molecule has 0 aromatic heterocycles. The highest BCUT2D eigenvalue weighted by molar-refractivity contribution is 5.90. The molecule has 0 aromatic carbocycles. The zero-order valence-electron chi connectivity index (χ0n) is 16.5. The summed E-state index contributed by atoms with van der Waals surface area (Å²) in [6, 6.07) is 0. The Kier molecular flexibility index (Phi) is 7.89. The van der Waals surface area contributed by atoms with Crippen molar-refractivity contribution in [1.29, 1.82) is 0 Å². The maximum atomic E-state index is 12.6. The van der Waals surface area contributed by atoms with Gasteiger partial charge in [-0.05, 0) is 35.0 Å². The molecule has 0 aromatic rings. The van der Waals surface area contributed by atoms with E-state index in [1.807, 2.05) is 0 Å². The molecule has 0 fully saturated rings. The second-order valence-electron chi connectivity index (χ2n) is 6.45. The monoisotopic (exact) mass is 436 g/mol. The van der Waals surface area contributed by atoms with Gasteiger partial charge in [0.15, 0.2) is 0 Å². The summed E-state index contributed by atoms with van der Waals surface area (Å²) < 4.78 is 0. The number of hydrogen-bond donors (Lipinski definition) is 2. The van der Waals surface area contributed by atoms with Gasteiger partial charge >= 0.3 is 0 Å². The molecular formula is C16H16N14O2. The Morgan fingerprint density at radius 1 is 0.781 bits per heavy atom. The van der Waals surface area contributed by atoms with E-state index in [-0.39, 0.29) is 37.3 Å². The molecule has 0 heterocycles. The van der Waals surface area contributed by atoms with E-state index in [1.165, 1.54) is 36.5 Å². The number of allylic oxidation sites excluding steroid dienone is 2. The summed E-state index contributed by atoms with van der Waals surface area (Å²) in [5.74, 6) is -1.22. The van der Waals surface area contributed by atoms with Gasteiger partial charge in [-0.25, -0.2) is 0 Å². The van der Waals surface area contributed by atoms with Crippen molar-refractivity contribution in [2.24, 2.45) is 20.5 Å². The van der Waals surface area contributed by atoms with Gasteiger partial charge in [0.25, 0.3) is 0 Å².